The van der Waals surface area contributed by atoms with Crippen LogP contribution in [-0.4, -0.2) is 62.4 Å². The fourth-order valence-electron chi connectivity index (χ4n) is 4.73. The second-order valence-electron chi connectivity index (χ2n) is 10.6. The van der Waals surface area contributed by atoms with Crippen molar-refractivity contribution in [2.45, 2.75) is 63.9 Å². The molecule has 2 atom stereocenters. The Labute approximate surface area is 274 Å². The molecule has 0 aliphatic heterocycles. The molecule has 0 bridgehead atoms. The molecule has 0 aliphatic carbocycles. The van der Waals surface area contributed by atoms with E-state index in [0.29, 0.717) is 28.0 Å². The summed E-state index contributed by atoms with van der Waals surface area (Å²) >= 11 is 0. The van der Waals surface area contributed by atoms with E-state index in [9.17, 15) is 28.4 Å². The predicted molar refractivity (Wildman–Crippen MR) is 174 cm³/mol. The Balaban J connectivity index is 1.81. The van der Waals surface area contributed by atoms with Gasteiger partial charge in [-0.3, -0.25) is 0 Å². The molecule has 14 heteroatoms. The number of nitrogens with zero attached hydrogens (tertiary/aromatic N) is 3. The van der Waals surface area contributed by atoms with Gasteiger partial charge in [0.15, 0.2) is 6.10 Å². The van der Waals surface area contributed by atoms with Crippen LogP contribution < -0.4 is 15.8 Å². The molecule has 3 aromatic carbocycles. The number of benzene rings is 3. The van der Waals surface area contributed by atoms with Gasteiger partial charge >= 0.3 is 12.2 Å². The van der Waals surface area contributed by atoms with Crippen molar-refractivity contribution in [2.75, 3.05) is 13.7 Å². The lowest BCUT2D eigenvalue weighted by Gasteiger charge is -2.24. The van der Waals surface area contributed by atoms with Gasteiger partial charge in [0, 0.05) is 6.54 Å². The minimum Gasteiger partial charge on any atom is -0.496 e. The van der Waals surface area contributed by atoms with Crippen LogP contribution in [-0.2, 0) is 32.7 Å². The quantitative estimate of drug-likeness (QED) is 0.135. The summed E-state index contributed by atoms with van der Waals surface area (Å²) in [4.78, 5) is 26.5. The largest absolute Gasteiger partial charge is 0.496 e. The Kier molecular flexibility index (Phi) is 13.1. The van der Waals surface area contributed by atoms with Crippen LogP contribution >= 0.6 is 0 Å². The number of aryl methyl sites for hydroxylation is 1. The first-order chi connectivity index (χ1) is 22.4. The van der Waals surface area contributed by atoms with Crippen LogP contribution in [0.3, 0.4) is 0 Å². The number of ether oxygens (including phenoxy) is 3. The van der Waals surface area contributed by atoms with Crippen LogP contribution in [0.1, 0.15) is 40.7 Å². The highest BCUT2D eigenvalue weighted by molar-refractivity contribution is 7.90. The SMILES string of the molecule is COc1cc(C)c(S(=O)(=O)/N=C(\N)N(CCC[C@H](NC(=O)OCc2ccccc2)C(O)C#N)C(=O)OCc2ccccc2)c(C)c1C. The van der Waals surface area contributed by atoms with Crippen LogP contribution in [0.15, 0.2) is 76.0 Å². The molecule has 0 saturated heterocycles. The van der Waals surface area contributed by atoms with Gasteiger partial charge in [0.2, 0.25) is 5.96 Å². The zero-order chi connectivity index (χ0) is 34.6. The number of sulfonamides is 1. The maximum absolute atomic E-state index is 13.5. The molecule has 47 heavy (non-hydrogen) atoms. The molecule has 0 aromatic heterocycles. The van der Waals surface area contributed by atoms with Crippen LogP contribution in [0.25, 0.3) is 0 Å². The number of nitriles is 1. The van der Waals surface area contributed by atoms with Gasteiger partial charge < -0.3 is 30.4 Å². The summed E-state index contributed by atoms with van der Waals surface area (Å²) in [5.41, 5.74) is 8.97. The Morgan fingerprint density at radius 1 is 1.00 bits per heavy atom. The first kappa shape index (κ1) is 36.3. The van der Waals surface area contributed by atoms with Crippen molar-refractivity contribution in [3.05, 3.63) is 94.5 Å². The highest BCUT2D eigenvalue weighted by Gasteiger charge is 2.28. The van der Waals surface area contributed by atoms with Crippen molar-refractivity contribution in [1.29, 1.82) is 5.26 Å². The first-order valence-electron chi connectivity index (χ1n) is 14.7. The second-order valence-corrected chi connectivity index (χ2v) is 12.2. The second kappa shape index (κ2) is 17.0. The molecule has 0 radical (unpaired) electrons. The topological polar surface area (TPSA) is 194 Å². The summed E-state index contributed by atoms with van der Waals surface area (Å²) in [5.74, 6) is -0.142. The third kappa shape index (κ3) is 10.2. The molecule has 250 valence electrons. The summed E-state index contributed by atoms with van der Waals surface area (Å²) in [5, 5.41) is 22.1. The first-order valence-corrected chi connectivity index (χ1v) is 16.1. The number of aliphatic hydroxyl groups excluding tert-OH is 1. The van der Waals surface area contributed by atoms with E-state index in [1.807, 2.05) is 6.07 Å². The number of amides is 2. The van der Waals surface area contributed by atoms with E-state index in [0.717, 1.165) is 10.5 Å². The van der Waals surface area contributed by atoms with Crippen molar-refractivity contribution in [3.63, 3.8) is 0 Å². The van der Waals surface area contributed by atoms with E-state index in [1.165, 1.54) is 7.11 Å². The van der Waals surface area contributed by atoms with Crippen LogP contribution in [0.4, 0.5) is 9.59 Å². The van der Waals surface area contributed by atoms with Crippen molar-refractivity contribution in [3.8, 4) is 11.8 Å². The molecule has 0 fully saturated rings. The zero-order valence-corrected chi connectivity index (χ0v) is 27.5. The van der Waals surface area contributed by atoms with Gasteiger partial charge in [-0.1, -0.05) is 60.7 Å². The fraction of sp³-hybridized carbons (Fsp3) is 0.333. The summed E-state index contributed by atoms with van der Waals surface area (Å²) in [6.07, 6.45) is -3.42. The summed E-state index contributed by atoms with van der Waals surface area (Å²) < 4.78 is 46.8. The molecule has 3 rings (SSSR count). The number of nitrogens with two attached hydrogens (primary N) is 1. The van der Waals surface area contributed by atoms with Gasteiger partial charge in [-0.15, -0.1) is 4.40 Å². The van der Waals surface area contributed by atoms with Gasteiger partial charge in [0.25, 0.3) is 10.0 Å². The number of alkyl carbamates (subject to hydrolysis) is 1. The van der Waals surface area contributed by atoms with Gasteiger partial charge in [0.1, 0.15) is 19.0 Å². The summed E-state index contributed by atoms with van der Waals surface area (Å²) in [6, 6.07) is 19.9. The number of hydrogen-bond acceptors (Lipinski definition) is 9. The number of methoxy groups -OCH3 is 1. The standard InChI is InChI=1S/C33H39N5O8S/c1-22-18-29(44-4)23(2)24(3)30(22)47(42,43)37-31(35)38(33(41)46-21-26-14-9-6-10-15-26)17-11-16-27(28(39)19-34)36-32(40)45-20-25-12-7-5-8-13-25/h5-10,12-15,18,27-28,39H,11,16-17,20-21H2,1-4H3,(H2,35,37)(H,36,40)/t27-,28?/m0/s1. The molecule has 3 aromatic rings. The molecular weight excluding hydrogens is 626 g/mol. The monoisotopic (exact) mass is 665 g/mol. The predicted octanol–water partition coefficient (Wildman–Crippen LogP) is 4.22. The minimum absolute atomic E-state index is 0.0203. The van der Waals surface area contributed by atoms with E-state index in [-0.39, 0.29) is 37.5 Å². The highest BCUT2D eigenvalue weighted by Crippen LogP contribution is 2.31. The molecule has 13 nitrogen and oxygen atoms in total. The maximum Gasteiger partial charge on any atom is 0.416 e. The molecule has 0 aliphatic rings. The molecule has 0 heterocycles. The lowest BCUT2D eigenvalue weighted by atomic mass is 10.1. The minimum atomic E-state index is -4.42. The third-order valence-corrected chi connectivity index (χ3v) is 8.87. The Bertz CT molecular complexity index is 1710. The highest BCUT2D eigenvalue weighted by atomic mass is 32.2. The average molecular weight is 666 g/mol. The van der Waals surface area contributed by atoms with Gasteiger partial charge in [-0.05, 0) is 67.5 Å². The summed E-state index contributed by atoms with van der Waals surface area (Å²) in [6.45, 7) is 4.54. The van der Waals surface area contributed by atoms with Crippen molar-refractivity contribution in [1.82, 2.24) is 10.2 Å². The van der Waals surface area contributed by atoms with Gasteiger partial charge in [-0.2, -0.15) is 13.7 Å². The molecule has 4 N–H and O–H groups in total. The zero-order valence-electron chi connectivity index (χ0n) is 26.7. The maximum atomic E-state index is 13.5. The van der Waals surface area contributed by atoms with Crippen LogP contribution in [0, 0.1) is 32.1 Å². The fourth-order valence-corrected chi connectivity index (χ4v) is 6.17. The van der Waals surface area contributed by atoms with Crippen molar-refractivity contribution in [2.24, 2.45) is 10.1 Å². The van der Waals surface area contributed by atoms with E-state index < -0.39 is 40.3 Å². The molecular formula is C33H39N5O8S. The van der Waals surface area contributed by atoms with E-state index in [1.54, 1.807) is 87.5 Å². The molecule has 0 saturated carbocycles. The van der Waals surface area contributed by atoms with Crippen LogP contribution in [0.2, 0.25) is 0 Å². The number of rotatable bonds is 13. The number of carbonyl (C=O) groups excluding carboxylic acids is 2. The normalized spacial score (nSPS) is 12.7. The molecule has 0 spiro atoms. The molecule has 1 unspecified atom stereocenters. The van der Waals surface area contributed by atoms with E-state index >= 15 is 0 Å². The van der Waals surface area contributed by atoms with Gasteiger partial charge in [-0.25, -0.2) is 14.5 Å². The number of nitrogens with one attached hydrogen (secondary N) is 1. The number of aliphatic hydroxyl groups is 1. The lowest BCUT2D eigenvalue weighted by molar-refractivity contribution is 0.110. The number of guanidine groups is 1. The number of carbonyl (C=O) groups is 2. The van der Waals surface area contributed by atoms with Crippen LogP contribution in [0.5, 0.6) is 5.75 Å². The van der Waals surface area contributed by atoms with Gasteiger partial charge in [0.05, 0.1) is 24.1 Å². The molecule has 2 amide bonds. The average Bonchev–Trinajstić information content (AvgIpc) is 3.05. The van der Waals surface area contributed by atoms with Crippen molar-refractivity contribution >= 4 is 28.2 Å². The Hall–Kier alpha value is -5.13. The van der Waals surface area contributed by atoms with E-state index in [4.69, 9.17) is 19.9 Å². The smallest absolute Gasteiger partial charge is 0.416 e. The Morgan fingerprint density at radius 2 is 1.57 bits per heavy atom. The third-order valence-electron chi connectivity index (χ3n) is 7.30. The Morgan fingerprint density at radius 3 is 2.13 bits per heavy atom. The number of hydrogen-bond donors (Lipinski definition) is 3. The van der Waals surface area contributed by atoms with E-state index in [2.05, 4.69) is 9.71 Å². The summed E-state index contributed by atoms with van der Waals surface area (Å²) in [7, 11) is -2.94. The van der Waals surface area contributed by atoms with Crippen molar-refractivity contribution < 1.29 is 37.3 Å². The lowest BCUT2D eigenvalue weighted by Crippen LogP contribution is -2.45.